The fourth-order valence-corrected chi connectivity index (χ4v) is 6.49. The molecule has 0 saturated carbocycles. The summed E-state index contributed by atoms with van der Waals surface area (Å²) in [4.78, 5) is 131. The highest BCUT2D eigenvalue weighted by Gasteiger charge is 2.34. The van der Waals surface area contributed by atoms with Gasteiger partial charge in [-0.15, -0.1) is 0 Å². The van der Waals surface area contributed by atoms with Crippen LogP contribution in [0.25, 0.3) is 0 Å². The van der Waals surface area contributed by atoms with Crippen LogP contribution in [-0.2, 0) is 49.6 Å². The molecule has 8 atom stereocenters. The molecule has 0 aromatic carbocycles. The van der Waals surface area contributed by atoms with E-state index in [-0.39, 0.29) is 69.8 Å². The number of nitrogens with zero attached hydrogens (tertiary/aromatic N) is 3. The summed E-state index contributed by atoms with van der Waals surface area (Å²) in [5.41, 5.74) is 44.7. The number of unbranched alkanes of at least 4 members (excludes halogenated alkanes) is 2. The maximum absolute atomic E-state index is 14.0. The van der Waals surface area contributed by atoms with Gasteiger partial charge < -0.3 is 98.1 Å². The number of nitrogens with two attached hydrogens (primary N) is 8. The van der Waals surface area contributed by atoms with Crippen molar-refractivity contribution < 1.29 is 48.3 Å². The van der Waals surface area contributed by atoms with Gasteiger partial charge in [0, 0.05) is 38.4 Å². The number of primary amides is 1. The van der Waals surface area contributed by atoms with Crippen LogP contribution in [0.4, 0.5) is 0 Å². The number of hydrogen-bond acceptors (Lipinski definition) is 17. The fraction of sp³-hybridized carbons (Fsp3) is 0.643. The minimum atomic E-state index is -1.56. The smallest absolute Gasteiger partial charge is 0.264 e. The summed E-state index contributed by atoms with van der Waals surface area (Å²) < 4.78 is 0. The fourth-order valence-electron chi connectivity index (χ4n) is 6.49. The molecule has 400 valence electrons. The summed E-state index contributed by atoms with van der Waals surface area (Å²) in [6, 6.07) is -8.95. The molecular weight excluding hydrogens is 931 g/mol. The maximum Gasteiger partial charge on any atom is 0.264 e. The molecule has 29 nitrogen and oxygen atoms in total. The minimum absolute atomic E-state index is 0.0226. The van der Waals surface area contributed by atoms with Gasteiger partial charge in [-0.3, -0.25) is 48.1 Å². The van der Waals surface area contributed by atoms with E-state index in [1.165, 1.54) is 39.5 Å². The monoisotopic (exact) mass is 1010 g/mol. The molecule has 0 aliphatic heterocycles. The Hall–Kier alpha value is -6.79. The first-order valence-corrected chi connectivity index (χ1v) is 23.2. The minimum Gasteiger partial charge on any atom is -0.389 e. The number of aromatic nitrogens is 2. The molecule has 0 aliphatic carbocycles. The van der Waals surface area contributed by atoms with Crippen molar-refractivity contribution in [3.63, 3.8) is 0 Å². The third-order valence-electron chi connectivity index (χ3n) is 10.8. The number of aromatic amines is 1. The highest BCUT2D eigenvalue weighted by atomic mass is 16.3. The number of carbonyl (C=O) groups is 9. The van der Waals surface area contributed by atoms with Gasteiger partial charge in [-0.25, -0.2) is 4.98 Å². The predicted molar refractivity (Wildman–Crippen MR) is 261 cm³/mol. The van der Waals surface area contributed by atoms with Crippen LogP contribution in [0.5, 0.6) is 0 Å². The lowest BCUT2D eigenvalue weighted by molar-refractivity contribution is -0.142. The van der Waals surface area contributed by atoms with Gasteiger partial charge in [0.2, 0.25) is 47.3 Å². The Morgan fingerprint density at radius 3 is 1.94 bits per heavy atom. The lowest BCUT2D eigenvalue weighted by Crippen LogP contribution is -2.60. The average molecular weight is 1010 g/mol. The van der Waals surface area contributed by atoms with Gasteiger partial charge >= 0.3 is 0 Å². The van der Waals surface area contributed by atoms with E-state index in [1.54, 1.807) is 0 Å². The van der Waals surface area contributed by atoms with Crippen molar-refractivity contribution in [3.8, 4) is 0 Å². The Bertz CT molecular complexity index is 1950. The van der Waals surface area contributed by atoms with E-state index >= 15 is 0 Å². The zero-order valence-corrected chi connectivity index (χ0v) is 40.7. The molecule has 0 radical (unpaired) electrons. The van der Waals surface area contributed by atoms with Crippen LogP contribution in [0.15, 0.2) is 29.3 Å². The molecule has 9 amide bonds. The van der Waals surface area contributed by atoms with Crippen LogP contribution in [0.1, 0.15) is 77.3 Å². The van der Waals surface area contributed by atoms with E-state index in [9.17, 15) is 48.3 Å². The molecule has 25 N–H and O–H groups in total. The van der Waals surface area contributed by atoms with Gasteiger partial charge in [0.05, 0.1) is 25.0 Å². The van der Waals surface area contributed by atoms with Crippen LogP contribution in [0, 0.1) is 0 Å². The van der Waals surface area contributed by atoms with Crippen molar-refractivity contribution in [1.82, 2.24) is 52.1 Å². The zero-order valence-electron chi connectivity index (χ0n) is 40.7. The Labute approximate surface area is 412 Å². The van der Waals surface area contributed by atoms with Crippen LogP contribution < -0.4 is 83.1 Å². The number of aliphatic hydroxyl groups excluding tert-OH is 1. The molecule has 1 rings (SSSR count). The van der Waals surface area contributed by atoms with E-state index in [2.05, 4.69) is 52.2 Å². The van der Waals surface area contributed by atoms with Gasteiger partial charge in [-0.1, -0.05) is 12.5 Å². The van der Waals surface area contributed by atoms with Crippen molar-refractivity contribution in [2.24, 2.45) is 50.9 Å². The number of likely N-dealkylation sites (N-methyl/N-ethyl adjacent to an activating group) is 1. The van der Waals surface area contributed by atoms with E-state index in [0.717, 1.165) is 4.90 Å². The third-order valence-corrected chi connectivity index (χ3v) is 10.8. The maximum atomic E-state index is 14.0. The number of H-pyrrole nitrogens is 1. The second-order valence-corrected chi connectivity index (χ2v) is 16.6. The van der Waals surface area contributed by atoms with E-state index in [1.807, 2.05) is 0 Å². The first kappa shape index (κ1) is 62.2. The van der Waals surface area contributed by atoms with E-state index in [0.29, 0.717) is 37.9 Å². The van der Waals surface area contributed by atoms with E-state index in [4.69, 9.17) is 45.9 Å². The lowest BCUT2D eigenvalue weighted by atomic mass is 10.1. The summed E-state index contributed by atoms with van der Waals surface area (Å²) in [6.07, 6.45) is 5.24. The molecule has 0 bridgehead atoms. The first-order valence-electron chi connectivity index (χ1n) is 23.2. The topological polar surface area (TPSA) is 511 Å². The van der Waals surface area contributed by atoms with Gasteiger partial charge in [0.25, 0.3) is 5.91 Å². The van der Waals surface area contributed by atoms with Gasteiger partial charge in [-0.05, 0) is 84.8 Å². The van der Waals surface area contributed by atoms with Crippen LogP contribution >= 0.6 is 0 Å². The summed E-state index contributed by atoms with van der Waals surface area (Å²) in [5.74, 6) is -7.61. The number of guanidine groups is 1. The second-order valence-electron chi connectivity index (χ2n) is 16.6. The molecule has 0 fully saturated rings. The highest BCUT2D eigenvalue weighted by molar-refractivity contribution is 6.00. The number of carbonyl (C=O) groups excluding carboxylic acids is 9. The van der Waals surface area contributed by atoms with Crippen molar-refractivity contribution in [3.05, 3.63) is 30.0 Å². The summed E-state index contributed by atoms with van der Waals surface area (Å²) in [5, 5.41) is 27.7. The van der Waals surface area contributed by atoms with Gasteiger partial charge in [0.15, 0.2) is 5.96 Å². The molecule has 29 heteroatoms. The Morgan fingerprint density at radius 2 is 1.37 bits per heavy atom. The van der Waals surface area contributed by atoms with Gasteiger partial charge in [-0.2, -0.15) is 0 Å². The molecule has 71 heavy (non-hydrogen) atoms. The standard InChI is InChI=1S/C42H77N19O10/c1-23(55-40(70)33(31(62)19-46)60-37(67)26(47)10-4-6-14-43)35(65)53-21-32(63)56-29(12-8-16-45)41(71)61(3)24(2)36(66)59-30(18-25-20-51-22-54-25)39(69)58-28(11-5-7-15-44)38(68)57-27(34(48)64)13-9-17-52-42(49)50/h13,20,22-24,26,28-31,33,62H,4-12,14-19,21,43-47H2,1-3H3,(H2,48,64)(H,51,54)(H,53,65)(H,55,70)(H,56,63)(H,57,68)(H,58,69)(H,59,66)(H,60,67)(H4,49,50,52)/b27-13-/t23?,24-,26?,28-,29+,30?,31-,33-/m0/s1. The van der Waals surface area contributed by atoms with E-state index < -0.39 is 115 Å². The van der Waals surface area contributed by atoms with Crippen LogP contribution in [0.3, 0.4) is 0 Å². The molecule has 3 unspecified atom stereocenters. The third kappa shape index (κ3) is 23.6. The van der Waals surface area contributed by atoms with Crippen molar-refractivity contribution in [2.75, 3.05) is 46.3 Å². The summed E-state index contributed by atoms with van der Waals surface area (Å²) in [7, 11) is 1.30. The number of hydrogen-bond donors (Lipinski definition) is 17. The molecular formula is C42H77N19O10. The summed E-state index contributed by atoms with van der Waals surface area (Å²) >= 11 is 0. The Kier molecular flexibility index (Phi) is 29.5. The normalized spacial score (nSPS) is 14.6. The number of amides is 9. The Balaban J connectivity index is 3.14. The zero-order chi connectivity index (χ0) is 53.6. The highest BCUT2D eigenvalue weighted by Crippen LogP contribution is 2.10. The largest absolute Gasteiger partial charge is 0.389 e. The number of rotatable bonds is 35. The molecule has 1 aromatic heterocycles. The quantitative estimate of drug-likeness (QED) is 0.0130. The molecule has 1 heterocycles. The van der Waals surface area contributed by atoms with Crippen LogP contribution in [0.2, 0.25) is 0 Å². The number of imidazole rings is 1. The number of nitrogens with one attached hydrogen (secondary N) is 8. The molecule has 0 spiro atoms. The average Bonchev–Trinajstić information content (AvgIpc) is 3.85. The Morgan fingerprint density at radius 1 is 0.746 bits per heavy atom. The van der Waals surface area contributed by atoms with Crippen molar-refractivity contribution >= 4 is 59.1 Å². The van der Waals surface area contributed by atoms with Gasteiger partial charge in [0.1, 0.15) is 41.9 Å². The van der Waals surface area contributed by atoms with Crippen LogP contribution in [-0.4, -0.2) is 174 Å². The molecule has 0 saturated heterocycles. The summed E-state index contributed by atoms with van der Waals surface area (Å²) in [6.45, 7) is 2.50. The SMILES string of the molecule is CC(NC(=O)[C@@H](NC(=O)C(N)CCCCN)[C@@H](O)CN)C(=O)NCC(=O)N[C@H](CCCN)C(=O)N(C)[C@@H](C)C(=O)NC(Cc1cnc[nH]1)C(=O)N[C@@H](CCCCN)C(=O)N/C(=C\CCN=C(N)N)C(N)=O. The molecule has 0 aliphatic rings. The first-order chi connectivity index (χ1) is 33.6. The number of aliphatic hydroxyl groups is 1. The number of aliphatic imine (C=N–C) groups is 1. The molecule has 1 aromatic rings. The van der Waals surface area contributed by atoms with Crippen molar-refractivity contribution in [1.29, 1.82) is 0 Å². The second kappa shape index (κ2) is 33.7. The lowest BCUT2D eigenvalue weighted by Gasteiger charge is -2.30. The predicted octanol–water partition coefficient (Wildman–Crippen LogP) is -7.85. The van der Waals surface area contributed by atoms with Crippen molar-refractivity contribution in [2.45, 2.75) is 126 Å².